The van der Waals surface area contributed by atoms with E-state index in [1.54, 1.807) is 12.3 Å². The first-order valence-electron chi connectivity index (χ1n) is 14.2. The lowest BCUT2D eigenvalue weighted by Gasteiger charge is -2.42. The number of nitrogens with zero attached hydrogens (tertiary/aromatic N) is 3. The predicted molar refractivity (Wildman–Crippen MR) is 164 cm³/mol. The number of amides is 1. The van der Waals surface area contributed by atoms with Gasteiger partial charge in [0.15, 0.2) is 6.79 Å². The van der Waals surface area contributed by atoms with Gasteiger partial charge in [-0.3, -0.25) is 4.98 Å². The number of hydrogen-bond donors (Lipinski definition) is 1. The number of halogens is 2. The van der Waals surface area contributed by atoms with Gasteiger partial charge in [0.1, 0.15) is 29.1 Å². The number of ether oxygens (including phenoxy) is 3. The third kappa shape index (κ3) is 6.74. The van der Waals surface area contributed by atoms with Gasteiger partial charge in [-0.15, -0.1) is 0 Å². The number of methoxy groups -OCH3 is 1. The molecule has 44 heavy (non-hydrogen) atoms. The molecule has 1 aliphatic heterocycles. The average Bonchev–Trinajstić information content (AvgIpc) is 2.93. The van der Waals surface area contributed by atoms with Gasteiger partial charge in [-0.1, -0.05) is 12.1 Å². The van der Waals surface area contributed by atoms with Crippen molar-refractivity contribution in [3.05, 3.63) is 77.5 Å². The molecular formula is C34H34F2N4O4. The second kappa shape index (κ2) is 12.5. The maximum atomic E-state index is 14.7. The highest BCUT2D eigenvalue weighted by atomic mass is 19.1. The number of anilines is 1. The van der Waals surface area contributed by atoms with Crippen LogP contribution in [0.4, 0.5) is 19.3 Å². The highest BCUT2D eigenvalue weighted by molar-refractivity contribution is 6.02. The van der Waals surface area contributed by atoms with Gasteiger partial charge in [0.05, 0.1) is 16.8 Å². The first-order chi connectivity index (χ1) is 21.0. The van der Waals surface area contributed by atoms with Crippen molar-refractivity contribution in [1.29, 1.82) is 5.26 Å². The van der Waals surface area contributed by atoms with E-state index in [-0.39, 0.29) is 29.8 Å². The van der Waals surface area contributed by atoms with E-state index in [4.69, 9.17) is 14.2 Å². The molecule has 10 heteroatoms. The van der Waals surface area contributed by atoms with E-state index >= 15 is 0 Å². The van der Waals surface area contributed by atoms with E-state index in [1.807, 2.05) is 52.0 Å². The van der Waals surface area contributed by atoms with Crippen molar-refractivity contribution in [3.63, 3.8) is 0 Å². The summed E-state index contributed by atoms with van der Waals surface area (Å²) in [4.78, 5) is 19.1. The van der Waals surface area contributed by atoms with Crippen LogP contribution in [0.5, 0.6) is 5.75 Å². The van der Waals surface area contributed by atoms with Crippen molar-refractivity contribution >= 4 is 22.7 Å². The SMILES string of the molecule is COCOc1c(C#N)cc(F)cc1-c1ccc2ncc(-c3cc(C)cc(F)c3)c(N3CC(CNC(=O)OC(C)(C)C)C3)c2c1. The Kier molecular flexibility index (Phi) is 8.70. The van der Waals surface area contributed by atoms with Gasteiger partial charge < -0.3 is 24.4 Å². The first kappa shape index (κ1) is 30.7. The van der Waals surface area contributed by atoms with Crippen LogP contribution < -0.4 is 15.0 Å². The summed E-state index contributed by atoms with van der Waals surface area (Å²) in [7, 11) is 1.46. The maximum Gasteiger partial charge on any atom is 0.407 e. The largest absolute Gasteiger partial charge is 0.466 e. The molecule has 2 heterocycles. The number of carbonyl (C=O) groups excluding carboxylic acids is 1. The van der Waals surface area contributed by atoms with Crippen molar-refractivity contribution < 1.29 is 27.8 Å². The number of benzene rings is 3. The van der Waals surface area contributed by atoms with Gasteiger partial charge in [-0.2, -0.15) is 5.26 Å². The number of aryl methyl sites for hydroxylation is 1. The van der Waals surface area contributed by atoms with Crippen molar-refractivity contribution in [2.24, 2.45) is 5.92 Å². The lowest BCUT2D eigenvalue weighted by Crippen LogP contribution is -2.52. The molecule has 1 amide bonds. The third-order valence-corrected chi connectivity index (χ3v) is 7.21. The van der Waals surface area contributed by atoms with Crippen LogP contribution in [-0.4, -0.2) is 50.2 Å². The fraction of sp³-hybridized carbons (Fsp3) is 0.324. The minimum Gasteiger partial charge on any atom is -0.466 e. The summed E-state index contributed by atoms with van der Waals surface area (Å²) in [5, 5.41) is 13.3. The molecule has 5 rings (SSSR count). The Bertz CT molecular complexity index is 1740. The summed E-state index contributed by atoms with van der Waals surface area (Å²) in [6, 6.07) is 14.8. The molecule has 228 valence electrons. The minimum absolute atomic E-state index is 0.0440. The van der Waals surface area contributed by atoms with Crippen molar-refractivity contribution in [3.8, 4) is 34.1 Å². The Labute approximate surface area is 255 Å². The lowest BCUT2D eigenvalue weighted by molar-refractivity contribution is 0.0510. The summed E-state index contributed by atoms with van der Waals surface area (Å²) in [6.45, 7) is 8.84. The van der Waals surface area contributed by atoms with Gasteiger partial charge in [-0.05, 0) is 80.8 Å². The summed E-state index contributed by atoms with van der Waals surface area (Å²) < 4.78 is 45.4. The van der Waals surface area contributed by atoms with Crippen molar-refractivity contribution in [2.75, 3.05) is 38.4 Å². The summed E-state index contributed by atoms with van der Waals surface area (Å²) in [6.07, 6.45) is 1.27. The zero-order valence-electron chi connectivity index (χ0n) is 25.3. The number of rotatable bonds is 8. The van der Waals surface area contributed by atoms with E-state index in [0.29, 0.717) is 41.8 Å². The molecule has 1 aliphatic rings. The van der Waals surface area contributed by atoms with Crippen LogP contribution in [-0.2, 0) is 9.47 Å². The van der Waals surface area contributed by atoms with Gasteiger partial charge in [0, 0.05) is 55.4 Å². The smallest absolute Gasteiger partial charge is 0.407 e. The van der Waals surface area contributed by atoms with Crippen LogP contribution in [0.2, 0.25) is 0 Å². The molecule has 1 saturated heterocycles. The topological polar surface area (TPSA) is 96.7 Å². The molecule has 1 N–H and O–H groups in total. The Morgan fingerprint density at radius 3 is 2.50 bits per heavy atom. The number of carbonyl (C=O) groups is 1. The monoisotopic (exact) mass is 600 g/mol. The van der Waals surface area contributed by atoms with Crippen LogP contribution in [0.25, 0.3) is 33.2 Å². The predicted octanol–water partition coefficient (Wildman–Crippen LogP) is 6.97. The second-order valence-electron chi connectivity index (χ2n) is 11.9. The quantitative estimate of drug-likeness (QED) is 0.218. The molecular weight excluding hydrogens is 566 g/mol. The Morgan fingerprint density at radius 1 is 1.07 bits per heavy atom. The molecule has 0 saturated carbocycles. The normalized spacial score (nSPS) is 13.4. The number of pyridine rings is 1. The maximum absolute atomic E-state index is 14.7. The lowest BCUT2D eigenvalue weighted by atomic mass is 9.92. The summed E-state index contributed by atoms with van der Waals surface area (Å²) in [5.41, 5.74) is 4.16. The Hall–Kier alpha value is -4.75. The fourth-order valence-electron chi connectivity index (χ4n) is 5.38. The molecule has 0 aliphatic carbocycles. The van der Waals surface area contributed by atoms with E-state index in [2.05, 4.69) is 15.2 Å². The average molecular weight is 601 g/mol. The summed E-state index contributed by atoms with van der Waals surface area (Å²) in [5.74, 6) is -0.566. The van der Waals surface area contributed by atoms with Crippen molar-refractivity contribution in [1.82, 2.24) is 10.3 Å². The highest BCUT2D eigenvalue weighted by Gasteiger charge is 2.31. The summed E-state index contributed by atoms with van der Waals surface area (Å²) >= 11 is 0. The number of nitriles is 1. The van der Waals surface area contributed by atoms with Gasteiger partial charge in [-0.25, -0.2) is 13.6 Å². The van der Waals surface area contributed by atoms with Crippen molar-refractivity contribution in [2.45, 2.75) is 33.3 Å². The van der Waals surface area contributed by atoms with Crippen LogP contribution in [0, 0.1) is 35.8 Å². The molecule has 8 nitrogen and oxygen atoms in total. The van der Waals surface area contributed by atoms with Crippen LogP contribution in [0.3, 0.4) is 0 Å². The zero-order chi connectivity index (χ0) is 31.6. The first-order valence-corrected chi connectivity index (χ1v) is 14.2. The molecule has 0 bridgehead atoms. The molecule has 1 fully saturated rings. The molecule has 3 aromatic carbocycles. The van der Waals surface area contributed by atoms with E-state index in [9.17, 15) is 18.8 Å². The van der Waals surface area contributed by atoms with Crippen LogP contribution in [0.15, 0.2) is 54.7 Å². The van der Waals surface area contributed by atoms with Gasteiger partial charge in [0.2, 0.25) is 0 Å². The fourth-order valence-corrected chi connectivity index (χ4v) is 5.38. The van der Waals surface area contributed by atoms with Crippen LogP contribution >= 0.6 is 0 Å². The highest BCUT2D eigenvalue weighted by Crippen LogP contribution is 2.43. The molecule has 4 aromatic rings. The van der Waals surface area contributed by atoms with Gasteiger partial charge >= 0.3 is 6.09 Å². The van der Waals surface area contributed by atoms with E-state index in [0.717, 1.165) is 28.3 Å². The zero-order valence-corrected chi connectivity index (χ0v) is 25.3. The Morgan fingerprint density at radius 2 is 1.82 bits per heavy atom. The van der Waals surface area contributed by atoms with E-state index in [1.165, 1.54) is 25.3 Å². The minimum atomic E-state index is -0.592. The number of hydrogen-bond acceptors (Lipinski definition) is 7. The molecule has 0 atom stereocenters. The molecule has 0 radical (unpaired) electrons. The second-order valence-corrected chi connectivity index (χ2v) is 11.9. The number of alkyl carbamates (subject to hydrolysis) is 1. The van der Waals surface area contributed by atoms with Crippen LogP contribution in [0.1, 0.15) is 31.9 Å². The van der Waals surface area contributed by atoms with E-state index < -0.39 is 17.5 Å². The number of fused-ring (bicyclic) bond motifs is 1. The Balaban J connectivity index is 1.58. The molecule has 1 aromatic heterocycles. The number of aromatic nitrogens is 1. The molecule has 0 spiro atoms. The molecule has 0 unspecified atom stereocenters. The van der Waals surface area contributed by atoms with Gasteiger partial charge in [0.25, 0.3) is 0 Å². The third-order valence-electron chi connectivity index (χ3n) is 7.21. The standard InChI is InChI=1S/C34H34F2N4O4/c1-20-8-23(10-25(35)9-20)29-16-38-30-7-6-22(27-13-26(36)11-24(14-37)32(27)43-19-42-5)12-28(30)31(29)40-17-21(18-40)15-39-33(41)44-34(2,3)4/h6-13,16,21H,15,17-19H2,1-5H3,(H,39,41). The number of nitrogens with one attached hydrogen (secondary N) is 1.